The van der Waals surface area contributed by atoms with Gasteiger partial charge in [0.25, 0.3) is 0 Å². The van der Waals surface area contributed by atoms with Crippen LogP contribution >= 0.6 is 12.4 Å². The second kappa shape index (κ2) is 12.7. The Balaban J connectivity index is 0.00000320. The lowest BCUT2D eigenvalue weighted by molar-refractivity contribution is -0.130. The molecule has 3 aromatic carbocycles. The highest BCUT2D eigenvalue weighted by molar-refractivity contribution is 5.85. The van der Waals surface area contributed by atoms with Crippen molar-refractivity contribution in [2.45, 2.75) is 38.5 Å². The van der Waals surface area contributed by atoms with Gasteiger partial charge >= 0.3 is 0 Å². The molecule has 3 aromatic rings. The number of methoxy groups -OCH3 is 2. The van der Waals surface area contributed by atoms with Gasteiger partial charge in [0.15, 0.2) is 11.5 Å². The van der Waals surface area contributed by atoms with Crippen LogP contribution in [0.4, 0.5) is 0 Å². The largest absolute Gasteiger partial charge is 0.493 e. The van der Waals surface area contributed by atoms with Gasteiger partial charge in [-0.15, -0.1) is 12.4 Å². The summed E-state index contributed by atoms with van der Waals surface area (Å²) in [7, 11) is 3.31. The number of ether oxygens (including phenoxy) is 2. The zero-order valence-corrected chi connectivity index (χ0v) is 22.9. The Morgan fingerprint density at radius 2 is 1.65 bits per heavy atom. The first-order valence-electron chi connectivity index (χ1n) is 13.3. The Hall–Kier alpha value is -2.76. The highest BCUT2D eigenvalue weighted by Gasteiger charge is 2.26. The Morgan fingerprint density at radius 1 is 0.892 bits per heavy atom. The molecule has 5 rings (SSSR count). The Morgan fingerprint density at radius 3 is 2.43 bits per heavy atom. The van der Waals surface area contributed by atoms with Gasteiger partial charge < -0.3 is 19.3 Å². The summed E-state index contributed by atoms with van der Waals surface area (Å²) in [6.07, 6.45) is 6.05. The highest BCUT2D eigenvalue weighted by atomic mass is 35.5. The fraction of sp³-hybridized carbons (Fsp3) is 0.452. The fourth-order valence-electron chi connectivity index (χ4n) is 5.87. The third-order valence-electron chi connectivity index (χ3n) is 7.91. The molecule has 2 aliphatic rings. The first-order valence-corrected chi connectivity index (χ1v) is 13.3. The molecule has 1 amide bonds. The number of fused-ring (bicyclic) bond motifs is 2. The van der Waals surface area contributed by atoms with E-state index < -0.39 is 0 Å². The third-order valence-corrected chi connectivity index (χ3v) is 7.91. The molecule has 0 aromatic heterocycles. The Kier molecular flexibility index (Phi) is 9.33. The molecule has 0 radical (unpaired) electrons. The lowest BCUT2D eigenvalue weighted by Gasteiger charge is -2.29. The topological polar surface area (TPSA) is 42.0 Å². The number of hydrogen-bond acceptors (Lipinski definition) is 4. The van der Waals surface area contributed by atoms with Crippen LogP contribution in [-0.2, 0) is 24.1 Å². The lowest BCUT2D eigenvalue weighted by Crippen LogP contribution is -2.40. The van der Waals surface area contributed by atoms with Crippen LogP contribution in [0.15, 0.2) is 54.6 Å². The summed E-state index contributed by atoms with van der Waals surface area (Å²) in [5, 5.41) is 2.62. The zero-order chi connectivity index (χ0) is 24.9. The van der Waals surface area contributed by atoms with Crippen LogP contribution in [0.5, 0.6) is 11.5 Å². The van der Waals surface area contributed by atoms with E-state index in [-0.39, 0.29) is 18.3 Å². The van der Waals surface area contributed by atoms with Gasteiger partial charge in [-0.05, 0) is 77.7 Å². The summed E-state index contributed by atoms with van der Waals surface area (Å²) in [4.78, 5) is 18.0. The summed E-state index contributed by atoms with van der Waals surface area (Å²) in [5.74, 6) is 2.19. The molecule has 6 heteroatoms. The van der Waals surface area contributed by atoms with Gasteiger partial charge in [-0.3, -0.25) is 4.79 Å². The molecule has 198 valence electrons. The number of carbonyl (C=O) groups excluding carboxylic acids is 1. The van der Waals surface area contributed by atoms with Crippen LogP contribution in [0.3, 0.4) is 0 Å². The number of benzene rings is 3. The van der Waals surface area contributed by atoms with Crippen molar-refractivity contribution in [3.05, 3.63) is 71.3 Å². The summed E-state index contributed by atoms with van der Waals surface area (Å²) in [6, 6.07) is 19.5. The lowest BCUT2D eigenvalue weighted by atomic mass is 10.0. The summed E-state index contributed by atoms with van der Waals surface area (Å²) in [6.45, 7) is 4.94. The van der Waals surface area contributed by atoms with E-state index in [1.165, 1.54) is 41.2 Å². The number of likely N-dealkylation sites (tertiary alicyclic amines) is 1. The van der Waals surface area contributed by atoms with Crippen LogP contribution in [0, 0.1) is 5.92 Å². The number of nitrogens with zero attached hydrogens (tertiary/aromatic N) is 2. The van der Waals surface area contributed by atoms with Gasteiger partial charge in [-0.1, -0.05) is 48.9 Å². The van der Waals surface area contributed by atoms with Gasteiger partial charge in [0.2, 0.25) is 5.91 Å². The minimum atomic E-state index is 0. The minimum absolute atomic E-state index is 0. The Labute approximate surface area is 227 Å². The van der Waals surface area contributed by atoms with E-state index in [1.807, 2.05) is 12.1 Å². The number of hydrogen-bond donors (Lipinski definition) is 0. The van der Waals surface area contributed by atoms with Gasteiger partial charge in [0, 0.05) is 26.2 Å². The van der Waals surface area contributed by atoms with Crippen molar-refractivity contribution in [1.29, 1.82) is 0 Å². The molecule has 0 N–H and O–H groups in total. The van der Waals surface area contributed by atoms with Gasteiger partial charge in [0.1, 0.15) is 0 Å². The summed E-state index contributed by atoms with van der Waals surface area (Å²) >= 11 is 0. The molecule has 2 aliphatic heterocycles. The molecular formula is C31H39ClN2O3. The van der Waals surface area contributed by atoms with E-state index in [1.54, 1.807) is 14.2 Å². The van der Waals surface area contributed by atoms with Gasteiger partial charge in [-0.2, -0.15) is 0 Å². The molecular weight excluding hydrogens is 484 g/mol. The van der Waals surface area contributed by atoms with Crippen LogP contribution in [0.2, 0.25) is 0 Å². The average Bonchev–Trinajstić information content (AvgIpc) is 3.22. The van der Waals surface area contributed by atoms with Crippen LogP contribution in [0.25, 0.3) is 10.8 Å². The van der Waals surface area contributed by atoms with Crippen molar-refractivity contribution in [3.8, 4) is 11.5 Å². The normalized spacial score (nSPS) is 18.5. The Bertz CT molecular complexity index is 1210. The molecule has 0 aliphatic carbocycles. The zero-order valence-electron chi connectivity index (χ0n) is 22.1. The molecule has 0 spiro atoms. The second-order valence-electron chi connectivity index (χ2n) is 10.3. The van der Waals surface area contributed by atoms with E-state index >= 15 is 0 Å². The second-order valence-corrected chi connectivity index (χ2v) is 10.3. The van der Waals surface area contributed by atoms with Crippen LogP contribution in [-0.4, -0.2) is 62.7 Å². The van der Waals surface area contributed by atoms with Crippen molar-refractivity contribution in [2.75, 3.05) is 46.9 Å². The average molecular weight is 523 g/mol. The minimum Gasteiger partial charge on any atom is -0.493 e. The van der Waals surface area contributed by atoms with E-state index in [0.29, 0.717) is 18.1 Å². The number of amides is 1. The molecule has 1 saturated heterocycles. The number of carbonyl (C=O) groups is 1. The molecule has 37 heavy (non-hydrogen) atoms. The molecule has 5 nitrogen and oxygen atoms in total. The van der Waals surface area contributed by atoms with Crippen molar-refractivity contribution in [1.82, 2.24) is 9.80 Å². The predicted octanol–water partition coefficient (Wildman–Crippen LogP) is 5.55. The van der Waals surface area contributed by atoms with Crippen LogP contribution < -0.4 is 9.47 Å². The first-order chi connectivity index (χ1) is 17.6. The molecule has 0 bridgehead atoms. The van der Waals surface area contributed by atoms with E-state index in [4.69, 9.17) is 9.47 Å². The van der Waals surface area contributed by atoms with E-state index in [9.17, 15) is 4.79 Å². The highest BCUT2D eigenvalue weighted by Crippen LogP contribution is 2.32. The number of halogens is 1. The summed E-state index contributed by atoms with van der Waals surface area (Å²) < 4.78 is 11.0. The summed E-state index contributed by atoms with van der Waals surface area (Å²) in [5.41, 5.74) is 3.67. The molecule has 1 fully saturated rings. The fourth-order valence-corrected chi connectivity index (χ4v) is 5.87. The molecule has 0 saturated carbocycles. The van der Waals surface area contributed by atoms with Crippen molar-refractivity contribution < 1.29 is 14.3 Å². The van der Waals surface area contributed by atoms with Gasteiger partial charge in [0.05, 0.1) is 20.6 Å². The third kappa shape index (κ3) is 6.58. The van der Waals surface area contributed by atoms with Gasteiger partial charge in [-0.25, -0.2) is 0 Å². The predicted molar refractivity (Wildman–Crippen MR) is 152 cm³/mol. The van der Waals surface area contributed by atoms with E-state index in [2.05, 4.69) is 52.3 Å². The smallest absolute Gasteiger partial charge is 0.227 e. The molecule has 1 atom stereocenters. The maximum atomic E-state index is 13.2. The maximum Gasteiger partial charge on any atom is 0.227 e. The van der Waals surface area contributed by atoms with Crippen LogP contribution in [0.1, 0.15) is 36.0 Å². The maximum absolute atomic E-state index is 13.2. The molecule has 1 unspecified atom stereocenters. The quantitative estimate of drug-likeness (QED) is 0.408. The molecule has 2 heterocycles. The standard InChI is InChI=1S/C31H38N2O3.ClH/c1-35-29-18-27-13-16-33(31(34)20-28(27)19-30(29)36-2)22-24-7-5-6-14-32(21-24)15-12-23-10-11-25-8-3-4-9-26(25)17-23;/h3-4,8-11,17-19,24H,5-7,12-16,20-22H2,1-2H3;1H. The van der Waals surface area contributed by atoms with E-state index in [0.717, 1.165) is 56.9 Å². The van der Waals surface area contributed by atoms with Crippen molar-refractivity contribution in [3.63, 3.8) is 0 Å². The first kappa shape index (κ1) is 27.3. The SMILES string of the molecule is COc1cc2c(cc1OC)CC(=O)N(CC1CCCCN(CCc3ccc4ccccc4c3)C1)CC2.Cl. The monoisotopic (exact) mass is 522 g/mol. The van der Waals surface area contributed by atoms with Crippen molar-refractivity contribution in [2.24, 2.45) is 5.92 Å². The van der Waals surface area contributed by atoms with Crippen molar-refractivity contribution >= 4 is 29.1 Å². The number of rotatable bonds is 7.